The number of anilines is 1. The lowest BCUT2D eigenvalue weighted by Crippen LogP contribution is -2.16. The van der Waals surface area contributed by atoms with Crippen LogP contribution in [0.15, 0.2) is 51.4 Å². The van der Waals surface area contributed by atoms with Gasteiger partial charge < -0.3 is 4.90 Å². The van der Waals surface area contributed by atoms with Crippen LogP contribution in [0.25, 0.3) is 0 Å². The number of rotatable bonds is 3. The molecule has 0 bridgehead atoms. The highest BCUT2D eigenvalue weighted by molar-refractivity contribution is 9.10. The number of hydrogen-bond acceptors (Lipinski definition) is 2. The van der Waals surface area contributed by atoms with Crippen molar-refractivity contribution >= 4 is 37.5 Å². The molecule has 0 aliphatic heterocycles. The van der Waals surface area contributed by atoms with Crippen LogP contribution in [-0.4, -0.2) is 7.05 Å². The molecule has 0 aliphatic carbocycles. The standard InChI is InChI=1S/C15H12Br2N2/c1-19(10-11-2-5-13(16)6-3-11)15-7-4-12(9-18)8-14(15)17/h2-8H,10H2,1H3. The van der Waals surface area contributed by atoms with E-state index in [1.54, 1.807) is 0 Å². The van der Waals surface area contributed by atoms with Crippen molar-refractivity contribution in [3.8, 4) is 6.07 Å². The lowest BCUT2D eigenvalue weighted by atomic mass is 10.2. The summed E-state index contributed by atoms with van der Waals surface area (Å²) in [6, 6.07) is 16.0. The number of nitrogens with zero attached hydrogens (tertiary/aromatic N) is 2. The number of nitriles is 1. The summed E-state index contributed by atoms with van der Waals surface area (Å²) in [5.41, 5.74) is 2.97. The van der Waals surface area contributed by atoms with E-state index >= 15 is 0 Å². The van der Waals surface area contributed by atoms with Gasteiger partial charge in [-0.3, -0.25) is 0 Å². The Labute approximate surface area is 129 Å². The first-order valence-electron chi connectivity index (χ1n) is 5.75. The molecule has 0 saturated carbocycles. The average molecular weight is 380 g/mol. The Kier molecular flexibility index (Phi) is 4.62. The minimum atomic E-state index is 0.660. The molecule has 0 heterocycles. The predicted octanol–water partition coefficient (Wildman–Crippen LogP) is 4.72. The van der Waals surface area contributed by atoms with Crippen molar-refractivity contribution in [2.75, 3.05) is 11.9 Å². The van der Waals surface area contributed by atoms with Crippen LogP contribution >= 0.6 is 31.9 Å². The minimum absolute atomic E-state index is 0.660. The van der Waals surface area contributed by atoms with Gasteiger partial charge in [-0.25, -0.2) is 0 Å². The number of benzene rings is 2. The van der Waals surface area contributed by atoms with Crippen LogP contribution in [-0.2, 0) is 6.54 Å². The van der Waals surface area contributed by atoms with E-state index < -0.39 is 0 Å². The molecule has 0 fully saturated rings. The Balaban J connectivity index is 2.18. The molecule has 0 amide bonds. The molecule has 0 atom stereocenters. The Bertz CT molecular complexity index is 615. The van der Waals surface area contributed by atoms with Gasteiger partial charge in [-0.05, 0) is 51.8 Å². The van der Waals surface area contributed by atoms with Crippen molar-refractivity contribution < 1.29 is 0 Å². The molecule has 19 heavy (non-hydrogen) atoms. The zero-order valence-electron chi connectivity index (χ0n) is 10.4. The van der Waals surface area contributed by atoms with Crippen LogP contribution in [0.2, 0.25) is 0 Å². The molecule has 2 nitrogen and oxygen atoms in total. The van der Waals surface area contributed by atoms with Crippen molar-refractivity contribution in [1.82, 2.24) is 0 Å². The van der Waals surface area contributed by atoms with Crippen LogP contribution < -0.4 is 4.90 Å². The zero-order valence-corrected chi connectivity index (χ0v) is 13.6. The van der Waals surface area contributed by atoms with Crippen molar-refractivity contribution in [1.29, 1.82) is 5.26 Å². The average Bonchev–Trinajstić information content (AvgIpc) is 2.41. The number of halogens is 2. The van der Waals surface area contributed by atoms with Crippen LogP contribution in [0.3, 0.4) is 0 Å². The van der Waals surface area contributed by atoms with E-state index in [0.717, 1.165) is 21.2 Å². The van der Waals surface area contributed by atoms with Crippen molar-refractivity contribution in [2.24, 2.45) is 0 Å². The second-order valence-electron chi connectivity index (χ2n) is 4.26. The first-order chi connectivity index (χ1) is 9.10. The molecule has 4 heteroatoms. The van der Waals surface area contributed by atoms with Gasteiger partial charge in [0.05, 0.1) is 17.3 Å². The third-order valence-corrected chi connectivity index (χ3v) is 3.98. The van der Waals surface area contributed by atoms with Gasteiger partial charge >= 0.3 is 0 Å². The molecular formula is C15H12Br2N2. The summed E-state index contributed by atoms with van der Waals surface area (Å²) < 4.78 is 2.02. The van der Waals surface area contributed by atoms with Crippen molar-refractivity contribution in [3.63, 3.8) is 0 Å². The Morgan fingerprint density at radius 3 is 2.37 bits per heavy atom. The van der Waals surface area contributed by atoms with Gasteiger partial charge in [0.25, 0.3) is 0 Å². The van der Waals surface area contributed by atoms with E-state index in [2.05, 4.69) is 55.0 Å². The number of hydrogen-bond donors (Lipinski definition) is 0. The molecule has 0 unspecified atom stereocenters. The summed E-state index contributed by atoms with van der Waals surface area (Å²) in [4.78, 5) is 2.15. The van der Waals surface area contributed by atoms with Crippen LogP contribution in [0.4, 0.5) is 5.69 Å². The highest BCUT2D eigenvalue weighted by Gasteiger charge is 2.07. The third-order valence-electron chi connectivity index (χ3n) is 2.82. The first kappa shape index (κ1) is 14.1. The van der Waals surface area contributed by atoms with E-state index in [9.17, 15) is 0 Å². The Hall–Kier alpha value is -1.31. The second-order valence-corrected chi connectivity index (χ2v) is 6.03. The minimum Gasteiger partial charge on any atom is -0.369 e. The molecule has 2 aromatic rings. The Morgan fingerprint density at radius 1 is 1.11 bits per heavy atom. The predicted molar refractivity (Wildman–Crippen MR) is 85.1 cm³/mol. The second kappa shape index (κ2) is 6.23. The normalized spacial score (nSPS) is 10.0. The summed E-state index contributed by atoms with van der Waals surface area (Å²) in [6.07, 6.45) is 0. The molecule has 0 radical (unpaired) electrons. The van der Waals surface area contributed by atoms with Gasteiger partial charge in [0.1, 0.15) is 0 Å². The molecule has 0 spiro atoms. The van der Waals surface area contributed by atoms with E-state index in [-0.39, 0.29) is 0 Å². The van der Waals surface area contributed by atoms with Gasteiger partial charge in [-0.2, -0.15) is 5.26 Å². The highest BCUT2D eigenvalue weighted by Crippen LogP contribution is 2.27. The van der Waals surface area contributed by atoms with E-state index in [0.29, 0.717) is 5.56 Å². The largest absolute Gasteiger partial charge is 0.369 e. The maximum Gasteiger partial charge on any atom is 0.0992 e. The molecule has 0 aliphatic rings. The van der Waals surface area contributed by atoms with Gasteiger partial charge in [-0.1, -0.05) is 28.1 Å². The fourth-order valence-corrected chi connectivity index (χ4v) is 2.78. The summed E-state index contributed by atoms with van der Waals surface area (Å²) in [5, 5.41) is 8.86. The summed E-state index contributed by atoms with van der Waals surface area (Å²) in [7, 11) is 2.04. The molecule has 2 rings (SSSR count). The highest BCUT2D eigenvalue weighted by atomic mass is 79.9. The van der Waals surface area contributed by atoms with Crippen LogP contribution in [0, 0.1) is 11.3 Å². The Morgan fingerprint density at radius 2 is 1.79 bits per heavy atom. The molecule has 0 aromatic heterocycles. The van der Waals surface area contributed by atoms with E-state index in [4.69, 9.17) is 5.26 Å². The molecule has 0 saturated heterocycles. The van der Waals surface area contributed by atoms with Gasteiger partial charge in [0.2, 0.25) is 0 Å². The third kappa shape index (κ3) is 3.59. The summed E-state index contributed by atoms with van der Waals surface area (Å²) in [5.74, 6) is 0. The van der Waals surface area contributed by atoms with Gasteiger partial charge in [-0.15, -0.1) is 0 Å². The lowest BCUT2D eigenvalue weighted by molar-refractivity contribution is 0.919. The van der Waals surface area contributed by atoms with E-state index in [1.807, 2.05) is 37.4 Å². The van der Waals surface area contributed by atoms with Gasteiger partial charge in [0, 0.05) is 22.5 Å². The molecule has 96 valence electrons. The van der Waals surface area contributed by atoms with Crippen molar-refractivity contribution in [2.45, 2.75) is 6.54 Å². The maximum absolute atomic E-state index is 8.86. The van der Waals surface area contributed by atoms with Crippen molar-refractivity contribution in [3.05, 3.63) is 62.5 Å². The monoisotopic (exact) mass is 378 g/mol. The summed E-state index contributed by atoms with van der Waals surface area (Å²) >= 11 is 6.95. The first-order valence-corrected chi connectivity index (χ1v) is 7.34. The summed E-state index contributed by atoms with van der Waals surface area (Å²) in [6.45, 7) is 0.817. The van der Waals surface area contributed by atoms with Gasteiger partial charge in [0.15, 0.2) is 0 Å². The smallest absolute Gasteiger partial charge is 0.0992 e. The fourth-order valence-electron chi connectivity index (χ4n) is 1.83. The fraction of sp³-hybridized carbons (Fsp3) is 0.133. The molecular weight excluding hydrogens is 368 g/mol. The topological polar surface area (TPSA) is 27.0 Å². The SMILES string of the molecule is CN(Cc1ccc(Br)cc1)c1ccc(C#N)cc1Br. The molecule has 2 aromatic carbocycles. The molecule has 0 N–H and O–H groups in total. The lowest BCUT2D eigenvalue weighted by Gasteiger charge is -2.21. The van der Waals surface area contributed by atoms with Crippen LogP contribution in [0.1, 0.15) is 11.1 Å². The van der Waals surface area contributed by atoms with Crippen LogP contribution in [0.5, 0.6) is 0 Å². The zero-order chi connectivity index (χ0) is 13.8. The maximum atomic E-state index is 8.86. The van der Waals surface area contributed by atoms with E-state index in [1.165, 1.54) is 5.56 Å². The quantitative estimate of drug-likeness (QED) is 0.771.